The summed E-state index contributed by atoms with van der Waals surface area (Å²) in [6.07, 6.45) is 1.72. The molecular formula is C27H24ClNO4S. The molecule has 0 spiro atoms. The van der Waals surface area contributed by atoms with Crippen molar-refractivity contribution in [3.05, 3.63) is 98.9 Å². The maximum Gasteiger partial charge on any atom is 0.293 e. The minimum Gasteiger partial charge on any atom is -0.491 e. The molecule has 1 heterocycles. The summed E-state index contributed by atoms with van der Waals surface area (Å²) in [6, 6.07) is 20.8. The second-order valence-electron chi connectivity index (χ2n) is 7.90. The van der Waals surface area contributed by atoms with E-state index in [1.165, 1.54) is 4.90 Å². The summed E-state index contributed by atoms with van der Waals surface area (Å²) in [5.41, 5.74) is 3.82. The fourth-order valence-corrected chi connectivity index (χ4v) is 4.45. The van der Waals surface area contributed by atoms with Crippen LogP contribution in [0.1, 0.15) is 22.3 Å². The van der Waals surface area contributed by atoms with Crippen molar-refractivity contribution >= 4 is 40.6 Å². The van der Waals surface area contributed by atoms with E-state index in [0.29, 0.717) is 22.3 Å². The summed E-state index contributed by atoms with van der Waals surface area (Å²) in [7, 11) is 0. The Morgan fingerprint density at radius 2 is 1.74 bits per heavy atom. The van der Waals surface area contributed by atoms with Crippen molar-refractivity contribution in [1.29, 1.82) is 0 Å². The van der Waals surface area contributed by atoms with Gasteiger partial charge in [0.1, 0.15) is 24.7 Å². The van der Waals surface area contributed by atoms with E-state index in [1.54, 1.807) is 6.08 Å². The Morgan fingerprint density at radius 1 is 0.971 bits per heavy atom. The molecule has 0 aliphatic carbocycles. The first-order chi connectivity index (χ1) is 16.4. The average molecular weight is 494 g/mol. The van der Waals surface area contributed by atoms with Gasteiger partial charge in [-0.25, -0.2) is 0 Å². The van der Waals surface area contributed by atoms with Crippen LogP contribution < -0.4 is 9.47 Å². The number of imide groups is 1. The molecule has 0 N–H and O–H groups in total. The number of carbonyl (C=O) groups excluding carboxylic acids is 2. The number of hydrogen-bond acceptors (Lipinski definition) is 5. The lowest BCUT2D eigenvalue weighted by atomic mass is 10.1. The zero-order valence-electron chi connectivity index (χ0n) is 18.9. The molecule has 2 amide bonds. The van der Waals surface area contributed by atoms with Crippen molar-refractivity contribution in [3.8, 4) is 11.5 Å². The molecule has 1 saturated heterocycles. The lowest BCUT2D eigenvalue weighted by Crippen LogP contribution is -2.32. The lowest BCUT2D eigenvalue weighted by Gasteiger charge is -2.14. The predicted octanol–water partition coefficient (Wildman–Crippen LogP) is 6.65. The fraction of sp³-hybridized carbons (Fsp3) is 0.185. The number of amides is 2. The van der Waals surface area contributed by atoms with Crippen LogP contribution in [0.5, 0.6) is 11.5 Å². The van der Waals surface area contributed by atoms with Gasteiger partial charge in [-0.05, 0) is 72.6 Å². The van der Waals surface area contributed by atoms with Crippen molar-refractivity contribution in [2.45, 2.75) is 20.5 Å². The fourth-order valence-electron chi connectivity index (χ4n) is 3.39. The number of halogens is 1. The van der Waals surface area contributed by atoms with E-state index in [4.69, 9.17) is 21.1 Å². The van der Waals surface area contributed by atoms with Crippen LogP contribution in [0.4, 0.5) is 4.79 Å². The summed E-state index contributed by atoms with van der Waals surface area (Å²) >= 11 is 7.10. The van der Waals surface area contributed by atoms with Crippen LogP contribution in [0.15, 0.2) is 71.6 Å². The van der Waals surface area contributed by atoms with Crippen LogP contribution in [-0.4, -0.2) is 29.2 Å². The molecule has 0 unspecified atom stereocenters. The third-order valence-corrected chi connectivity index (χ3v) is 6.60. The molecule has 0 saturated carbocycles. The van der Waals surface area contributed by atoms with Gasteiger partial charge >= 0.3 is 0 Å². The molecule has 0 bridgehead atoms. The minimum absolute atomic E-state index is 0.199. The summed E-state index contributed by atoms with van der Waals surface area (Å²) in [5, 5.41) is 0.370. The molecule has 0 radical (unpaired) electrons. The molecule has 34 heavy (non-hydrogen) atoms. The van der Waals surface area contributed by atoms with Crippen LogP contribution in [-0.2, 0) is 11.4 Å². The van der Waals surface area contributed by atoms with Crippen molar-refractivity contribution in [3.63, 3.8) is 0 Å². The second kappa shape index (κ2) is 10.8. The van der Waals surface area contributed by atoms with Crippen LogP contribution >= 0.6 is 23.4 Å². The third kappa shape index (κ3) is 5.82. The largest absolute Gasteiger partial charge is 0.491 e. The molecule has 0 aromatic heterocycles. The van der Waals surface area contributed by atoms with Crippen LogP contribution in [0.2, 0.25) is 5.02 Å². The van der Waals surface area contributed by atoms with E-state index >= 15 is 0 Å². The molecule has 3 aromatic carbocycles. The number of benzene rings is 3. The Bertz CT molecular complexity index is 1240. The molecule has 7 heteroatoms. The summed E-state index contributed by atoms with van der Waals surface area (Å²) in [5.74, 6) is 1.15. The van der Waals surface area contributed by atoms with E-state index < -0.39 is 0 Å². The van der Waals surface area contributed by atoms with Crippen molar-refractivity contribution in [2.75, 3.05) is 13.2 Å². The number of nitrogens with zero attached hydrogens (tertiary/aromatic N) is 1. The van der Waals surface area contributed by atoms with Crippen LogP contribution in [0, 0.1) is 13.8 Å². The molecule has 5 nitrogen and oxygen atoms in total. The van der Waals surface area contributed by atoms with E-state index in [-0.39, 0.29) is 24.3 Å². The van der Waals surface area contributed by atoms with Crippen molar-refractivity contribution < 1.29 is 19.1 Å². The van der Waals surface area contributed by atoms with E-state index in [1.807, 2.05) is 80.6 Å². The van der Waals surface area contributed by atoms with E-state index in [2.05, 4.69) is 0 Å². The van der Waals surface area contributed by atoms with Crippen molar-refractivity contribution in [1.82, 2.24) is 4.90 Å². The molecule has 1 aliphatic rings. The quantitative estimate of drug-likeness (QED) is 0.329. The SMILES string of the molecule is Cc1ccc(C)c(OCCN2C(=O)S/C(=C\c3ccc(OCc4ccccc4Cl)cc3)C2=O)c1. The predicted molar refractivity (Wildman–Crippen MR) is 136 cm³/mol. The van der Waals surface area contributed by atoms with Gasteiger partial charge < -0.3 is 9.47 Å². The summed E-state index contributed by atoms with van der Waals surface area (Å²) in [6.45, 7) is 4.76. The molecular weight excluding hydrogens is 470 g/mol. The first-order valence-corrected chi connectivity index (χ1v) is 12.0. The highest BCUT2D eigenvalue weighted by Gasteiger charge is 2.34. The van der Waals surface area contributed by atoms with Gasteiger partial charge in [0.2, 0.25) is 0 Å². The number of rotatable bonds is 8. The molecule has 1 aliphatic heterocycles. The topological polar surface area (TPSA) is 55.8 Å². The smallest absolute Gasteiger partial charge is 0.293 e. The van der Waals surface area contributed by atoms with E-state index in [0.717, 1.165) is 39.8 Å². The third-order valence-electron chi connectivity index (χ3n) is 5.32. The molecule has 0 atom stereocenters. The van der Waals surface area contributed by atoms with Gasteiger partial charge in [0.05, 0.1) is 11.4 Å². The van der Waals surface area contributed by atoms with E-state index in [9.17, 15) is 9.59 Å². The number of ether oxygens (including phenoxy) is 2. The maximum absolute atomic E-state index is 12.8. The van der Waals surface area contributed by atoms with Gasteiger partial charge in [0.15, 0.2) is 0 Å². The Morgan fingerprint density at radius 3 is 2.50 bits per heavy atom. The summed E-state index contributed by atoms with van der Waals surface area (Å²) < 4.78 is 11.6. The Labute approximate surface area is 208 Å². The average Bonchev–Trinajstić information content (AvgIpc) is 3.09. The highest BCUT2D eigenvalue weighted by Crippen LogP contribution is 2.32. The number of thioether (sulfide) groups is 1. The van der Waals surface area contributed by atoms with Crippen molar-refractivity contribution in [2.24, 2.45) is 0 Å². The molecule has 174 valence electrons. The monoisotopic (exact) mass is 493 g/mol. The van der Waals surface area contributed by atoms with Crippen LogP contribution in [0.3, 0.4) is 0 Å². The second-order valence-corrected chi connectivity index (χ2v) is 9.30. The Kier molecular flexibility index (Phi) is 7.60. The zero-order chi connectivity index (χ0) is 24.1. The maximum atomic E-state index is 12.8. The summed E-state index contributed by atoms with van der Waals surface area (Å²) in [4.78, 5) is 26.8. The standard InChI is InChI=1S/C27H24ClNO4S/c1-18-7-8-19(2)24(15-18)32-14-13-29-26(30)25(34-27(29)31)16-20-9-11-22(12-10-20)33-17-21-5-3-4-6-23(21)28/h3-12,15-16H,13-14,17H2,1-2H3/b25-16-. The minimum atomic E-state index is -0.307. The molecule has 1 fully saturated rings. The molecule has 4 rings (SSSR count). The van der Waals surface area contributed by atoms with Gasteiger partial charge in [0, 0.05) is 10.6 Å². The van der Waals surface area contributed by atoms with Gasteiger partial charge in [-0.2, -0.15) is 0 Å². The first kappa shape index (κ1) is 23.9. The number of hydrogen-bond donors (Lipinski definition) is 0. The van der Waals surface area contributed by atoms with Gasteiger partial charge in [-0.15, -0.1) is 0 Å². The van der Waals surface area contributed by atoms with Gasteiger partial charge in [0.25, 0.3) is 11.1 Å². The molecule has 3 aromatic rings. The Hall–Kier alpha value is -3.22. The zero-order valence-corrected chi connectivity index (χ0v) is 20.5. The number of carbonyl (C=O) groups is 2. The highest BCUT2D eigenvalue weighted by molar-refractivity contribution is 8.18. The highest BCUT2D eigenvalue weighted by atomic mass is 35.5. The normalized spacial score (nSPS) is 14.7. The first-order valence-electron chi connectivity index (χ1n) is 10.8. The van der Waals surface area contributed by atoms with Gasteiger partial charge in [-0.1, -0.05) is 54.1 Å². The Balaban J connectivity index is 1.34. The van der Waals surface area contributed by atoms with Gasteiger partial charge in [-0.3, -0.25) is 14.5 Å². The number of aryl methyl sites for hydroxylation is 2. The lowest BCUT2D eigenvalue weighted by molar-refractivity contribution is -0.123. The van der Waals surface area contributed by atoms with Crippen LogP contribution in [0.25, 0.3) is 6.08 Å².